The van der Waals surface area contributed by atoms with Gasteiger partial charge in [0.1, 0.15) is 54.6 Å². The van der Waals surface area contributed by atoms with Crippen molar-refractivity contribution in [3.05, 3.63) is 160 Å². The van der Waals surface area contributed by atoms with Crippen molar-refractivity contribution in [1.29, 1.82) is 0 Å². The van der Waals surface area contributed by atoms with Crippen LogP contribution in [0.25, 0.3) is 21.8 Å². The molecule has 4 aliphatic rings. The molecular formula is C62H70Cs2F10N6O8S. The first kappa shape index (κ1) is 75.4. The summed E-state index contributed by atoms with van der Waals surface area (Å²) in [5, 5.41) is 13.2. The Morgan fingerprint density at radius 2 is 1.07 bits per heavy atom. The van der Waals surface area contributed by atoms with Crippen molar-refractivity contribution in [3.8, 4) is 11.5 Å². The number of halogens is 10. The number of rotatable bonds is 19. The van der Waals surface area contributed by atoms with Gasteiger partial charge in [0.15, 0.2) is 0 Å². The van der Waals surface area contributed by atoms with Crippen LogP contribution in [0.1, 0.15) is 80.4 Å². The maximum atomic E-state index is 15.7. The molecule has 0 unspecified atom stereocenters. The number of hydrogen-bond acceptors (Lipinski definition) is 12. The summed E-state index contributed by atoms with van der Waals surface area (Å²) in [7, 11) is -4.03. The van der Waals surface area contributed by atoms with Crippen molar-refractivity contribution in [2.24, 2.45) is 11.8 Å². The fourth-order valence-corrected chi connectivity index (χ4v) is 12.3. The minimum Gasteiger partial charge on any atom is -1.00 e. The Morgan fingerprint density at radius 1 is 0.652 bits per heavy atom. The van der Waals surface area contributed by atoms with Crippen LogP contribution in [0.3, 0.4) is 0 Å². The molecule has 3 N–H and O–H groups in total. The van der Waals surface area contributed by atoms with Crippen molar-refractivity contribution in [3.63, 3.8) is 0 Å². The molecule has 14 nitrogen and oxygen atoms in total. The van der Waals surface area contributed by atoms with Gasteiger partial charge < -0.3 is 36.3 Å². The molecule has 0 bridgehead atoms. The first-order valence-electron chi connectivity index (χ1n) is 28.3. The largest absolute Gasteiger partial charge is 1.00 e. The summed E-state index contributed by atoms with van der Waals surface area (Å²) < 4.78 is 184. The number of nitrogens with zero attached hydrogens (tertiary/aromatic N) is 3. The molecule has 11 rings (SSSR count). The number of ether oxygens (including phenoxy) is 2. The smallest absolute Gasteiger partial charge is 1.00 e. The van der Waals surface area contributed by atoms with Gasteiger partial charge in [-0.05, 0) is 69.0 Å². The van der Waals surface area contributed by atoms with Crippen LogP contribution in [0, 0.1) is 42.0 Å². The molecule has 4 atom stereocenters. The van der Waals surface area contributed by atoms with Gasteiger partial charge in [-0.3, -0.25) is 32.5 Å². The number of nitrogens with one attached hydrogen (secondary N) is 3. The van der Waals surface area contributed by atoms with Crippen LogP contribution in [0.2, 0.25) is 0 Å². The van der Waals surface area contributed by atoms with Gasteiger partial charge in [0.05, 0.1) is 43.4 Å². The van der Waals surface area contributed by atoms with Gasteiger partial charge in [-0.15, -0.1) is 0 Å². The van der Waals surface area contributed by atoms with Gasteiger partial charge >= 0.3 is 138 Å². The molecule has 0 amide bonds. The van der Waals surface area contributed by atoms with E-state index in [0.29, 0.717) is 49.8 Å². The zero-order valence-corrected chi connectivity index (χ0v) is 63.9. The molecule has 89 heavy (non-hydrogen) atoms. The van der Waals surface area contributed by atoms with Gasteiger partial charge in [0.2, 0.25) is 0 Å². The van der Waals surface area contributed by atoms with E-state index < -0.39 is 76.4 Å². The normalized spacial score (nSPS) is 18.8. The summed E-state index contributed by atoms with van der Waals surface area (Å²) in [6, 6.07) is 22.2. The molecular weight excluding hydrogens is 1440 g/mol. The fourth-order valence-electron chi connectivity index (χ4n) is 11.4. The van der Waals surface area contributed by atoms with E-state index in [4.69, 9.17) is 23.7 Å². The number of aromatic nitrogens is 2. The zero-order chi connectivity index (χ0) is 63.0. The number of aryl methyl sites for hydroxylation is 1. The Balaban J connectivity index is 0.000000277. The number of carbonyl (C=O) groups is 1. The molecule has 2 aromatic heterocycles. The standard InChI is InChI=1S/C30H30F4N2O4S.C27H30F5N3O.C4H8FN.CH2O3.2Cs.H/c1-18-8-10-21(11-9-18)41(37,38)40-13-12-39-20-15-24(31)27(25(32)16-20)29-28-23(22-6-4-5-7-26(22)35-28)14-19(2)36(29)17-30(3,33)34;1-16-9-20-19-5-3-4-6-23(19)33-25(20)26(35(16)15-27(2,31)32)24-21(29)10-18(11-22(24)30)36-8-7-34-13-17(12-28)14-34;5-1-4-2-6-3-4;2-1-4-3;;;/h4-11,15-16,19,29,35H,12-14,17H2,1-3H3;3-6,10-11,16-17,26,33H,7-9,12-15H2,1-2H3;4,6H,1-3H2;1,3H;;;/q;;;;2*+1;-1/p-1/t19-,29-;16-,26-;;;;;/m11...../s1. The van der Waals surface area contributed by atoms with Crippen molar-refractivity contribution in [2.75, 3.05) is 79.0 Å². The van der Waals surface area contributed by atoms with Crippen LogP contribution in [0.4, 0.5) is 43.9 Å². The summed E-state index contributed by atoms with van der Waals surface area (Å²) in [5.41, 5.74) is 4.50. The molecule has 0 spiro atoms. The topological polar surface area (TPSA) is 165 Å². The summed E-state index contributed by atoms with van der Waals surface area (Å²) in [5.74, 6) is -9.57. The predicted octanol–water partition coefficient (Wildman–Crippen LogP) is 4.98. The van der Waals surface area contributed by atoms with Crippen LogP contribution in [0.5, 0.6) is 11.5 Å². The Bertz CT molecular complexity index is 3530. The first-order chi connectivity index (χ1) is 41.3. The number of H-pyrrole nitrogens is 2. The van der Waals surface area contributed by atoms with Gasteiger partial charge in [-0.2, -0.15) is 8.42 Å². The third-order valence-corrected chi connectivity index (χ3v) is 16.9. The van der Waals surface area contributed by atoms with Gasteiger partial charge in [-0.25, -0.2) is 35.1 Å². The summed E-state index contributed by atoms with van der Waals surface area (Å²) in [6.07, 6.45) is 0.915. The number of para-hydroxylation sites is 2. The maximum absolute atomic E-state index is 15.7. The number of benzene rings is 5. The van der Waals surface area contributed by atoms with Gasteiger partial charge in [-0.1, -0.05) is 54.1 Å². The van der Waals surface area contributed by atoms with Crippen molar-refractivity contribution in [1.82, 2.24) is 30.0 Å². The van der Waals surface area contributed by atoms with E-state index in [-0.39, 0.29) is 218 Å². The number of aromatic amines is 2. The van der Waals surface area contributed by atoms with E-state index in [1.54, 1.807) is 26.0 Å². The van der Waals surface area contributed by atoms with Crippen LogP contribution in [-0.4, -0.2) is 142 Å². The van der Waals surface area contributed by atoms with E-state index in [2.05, 4.69) is 20.2 Å². The molecule has 5 aromatic carbocycles. The van der Waals surface area contributed by atoms with E-state index in [1.165, 1.54) is 21.9 Å². The third-order valence-electron chi connectivity index (χ3n) is 15.6. The molecule has 474 valence electrons. The number of likely N-dealkylation sites (tertiary alicyclic amines) is 1. The number of fused-ring (bicyclic) bond motifs is 6. The summed E-state index contributed by atoms with van der Waals surface area (Å²) >= 11 is 0. The van der Waals surface area contributed by atoms with Crippen LogP contribution in [0.15, 0.2) is 102 Å². The number of hydrogen-bond donors (Lipinski definition) is 3. The van der Waals surface area contributed by atoms with Crippen molar-refractivity contribution >= 4 is 38.4 Å². The average Bonchev–Trinajstić information content (AvgIpc) is 1.69. The quantitative estimate of drug-likeness (QED) is 0.0249. The van der Waals surface area contributed by atoms with Gasteiger partial charge in [0.25, 0.3) is 28.4 Å². The van der Waals surface area contributed by atoms with Crippen LogP contribution < -0.4 is 158 Å². The minimum atomic E-state index is -4.03. The fraction of sp³-hybridized carbons (Fsp3) is 0.435. The van der Waals surface area contributed by atoms with E-state index >= 15 is 17.6 Å². The Labute approximate surface area is 629 Å². The molecule has 0 aliphatic carbocycles. The second kappa shape index (κ2) is 33.7. The average molecular weight is 1520 g/mol. The maximum Gasteiger partial charge on any atom is 1.00 e. The molecule has 0 saturated carbocycles. The second-order valence-electron chi connectivity index (χ2n) is 22.6. The van der Waals surface area contributed by atoms with E-state index in [0.717, 1.165) is 89.7 Å². The molecule has 6 heterocycles. The molecule has 0 radical (unpaired) electrons. The summed E-state index contributed by atoms with van der Waals surface area (Å²) in [4.78, 5) is 22.6. The number of carbonyl (C=O) groups excluding carboxylic acids is 1. The Morgan fingerprint density at radius 3 is 1.44 bits per heavy atom. The SMILES string of the molecule is C[C@@H]1Cc2c([nH]c3ccccc23)[C@@H](c2c(F)cc(OCCN3CC(CF)C3)cc2F)N1CC(C)(F)F.Cc1ccc(S(=O)(=O)OCCOc2cc(F)c([C@@H]3c4[nH]c5ccccc5c4C[C@@H](C)N3CC(C)(F)F)c(F)c2)cc1.FCC1CNC1.O=CO[O-].[Cs+].[Cs+].[H-]. The number of alkyl halides is 6. The second-order valence-corrected chi connectivity index (χ2v) is 24.2. The molecule has 4 aliphatic heterocycles. The van der Waals surface area contributed by atoms with Crippen LogP contribution in [-0.2, 0) is 36.8 Å². The summed E-state index contributed by atoms with van der Waals surface area (Å²) in [6.45, 7) is 8.07. The monoisotopic (exact) mass is 1510 g/mol. The first-order valence-corrected chi connectivity index (χ1v) is 29.7. The predicted molar refractivity (Wildman–Crippen MR) is 306 cm³/mol. The Kier molecular flexibility index (Phi) is 28.5. The molecule has 7 aromatic rings. The Hall–Kier alpha value is -2.64. The van der Waals surface area contributed by atoms with Gasteiger partial charge in [0, 0.05) is 139 Å². The minimum absolute atomic E-state index is 0. The van der Waals surface area contributed by atoms with Crippen molar-refractivity contribution < 1.29 is 220 Å². The van der Waals surface area contributed by atoms with E-state index in [9.17, 15) is 34.8 Å². The molecule has 27 heteroatoms. The van der Waals surface area contributed by atoms with Crippen LogP contribution >= 0.6 is 0 Å². The van der Waals surface area contributed by atoms with E-state index in [1.807, 2.05) is 60.4 Å². The zero-order valence-electron chi connectivity index (χ0n) is 51.5. The molecule has 2 fully saturated rings. The third kappa shape index (κ3) is 19.5. The van der Waals surface area contributed by atoms with Crippen molar-refractivity contribution in [2.45, 2.75) is 88.4 Å². The molecule has 2 saturated heterocycles.